The molecule has 0 aromatic carbocycles. The Morgan fingerprint density at radius 1 is 0.690 bits per heavy atom. The summed E-state index contributed by atoms with van der Waals surface area (Å²) in [6.45, 7) is 3.24. The van der Waals surface area contributed by atoms with Crippen LogP contribution in [0, 0.1) is 5.92 Å². The lowest BCUT2D eigenvalue weighted by Gasteiger charge is -2.18. The van der Waals surface area contributed by atoms with Crippen molar-refractivity contribution < 1.29 is 24.5 Å². The third-order valence-electron chi connectivity index (χ3n) is 9.00. The number of ether oxygens (including phenoxy) is 2. The number of hydrogen-bond donors (Lipinski definition) is 2. The fourth-order valence-electron chi connectivity index (χ4n) is 6.23. The molecule has 248 valence electrons. The Balaban J connectivity index is 2.30. The van der Waals surface area contributed by atoms with Crippen LogP contribution >= 0.6 is 0 Å². The van der Waals surface area contributed by atoms with Gasteiger partial charge in [0.1, 0.15) is 0 Å². The molecule has 1 rings (SSSR count). The summed E-state index contributed by atoms with van der Waals surface area (Å²) < 4.78 is 11.8. The van der Waals surface area contributed by atoms with Crippen LogP contribution in [0.15, 0.2) is 12.0 Å². The largest absolute Gasteiger partial charge is 0.479 e. The van der Waals surface area contributed by atoms with Crippen molar-refractivity contribution in [2.75, 3.05) is 13.2 Å². The van der Waals surface area contributed by atoms with E-state index in [1.165, 1.54) is 141 Å². The van der Waals surface area contributed by atoms with Crippen LogP contribution in [-0.4, -0.2) is 35.5 Å². The predicted octanol–water partition coefficient (Wildman–Crippen LogP) is 11.3. The zero-order valence-electron chi connectivity index (χ0n) is 27.8. The number of hydrogen-bond acceptors (Lipinski definition) is 4. The Bertz CT molecular complexity index is 619. The number of unbranched alkanes of at least 4 members (excludes halogenated alkanes) is 13. The lowest BCUT2D eigenvalue weighted by Crippen LogP contribution is -2.24. The Labute approximate surface area is 260 Å². The predicted molar refractivity (Wildman–Crippen MR) is 177 cm³/mol. The molecule has 2 N–H and O–H groups in total. The first kappa shape index (κ1) is 38.8. The van der Waals surface area contributed by atoms with Crippen LogP contribution in [0.25, 0.3) is 0 Å². The number of carboxylic acid groups (broad SMARTS) is 1. The summed E-state index contributed by atoms with van der Waals surface area (Å²) in [7, 11) is 0. The molecule has 5 nitrogen and oxygen atoms in total. The highest BCUT2D eigenvalue weighted by molar-refractivity contribution is 5.72. The summed E-state index contributed by atoms with van der Waals surface area (Å²) >= 11 is 0. The molecule has 2 atom stereocenters. The van der Waals surface area contributed by atoms with Gasteiger partial charge in [-0.25, -0.2) is 4.79 Å². The topological polar surface area (TPSA) is 76.0 Å². The summed E-state index contributed by atoms with van der Waals surface area (Å²) in [4.78, 5) is 11.9. The highest BCUT2D eigenvalue weighted by Crippen LogP contribution is 2.25. The van der Waals surface area contributed by atoms with Crippen LogP contribution in [0.1, 0.15) is 193 Å². The molecule has 0 saturated heterocycles. The second kappa shape index (κ2) is 29.8. The molecule has 0 amide bonds. The van der Waals surface area contributed by atoms with Gasteiger partial charge in [0.25, 0.3) is 5.95 Å². The van der Waals surface area contributed by atoms with Crippen molar-refractivity contribution in [3.63, 3.8) is 0 Å². The zero-order valence-corrected chi connectivity index (χ0v) is 27.8. The molecule has 0 aliphatic carbocycles. The van der Waals surface area contributed by atoms with E-state index in [9.17, 15) is 9.90 Å². The van der Waals surface area contributed by atoms with Gasteiger partial charge in [0.2, 0.25) is 0 Å². The van der Waals surface area contributed by atoms with E-state index < -0.39 is 12.1 Å². The smallest absolute Gasteiger partial charge is 0.345 e. The molecular formula is C37H70O5. The first-order valence-corrected chi connectivity index (χ1v) is 18.5. The molecule has 1 heterocycles. The number of aliphatic carboxylic acids is 1. The average Bonchev–Trinajstić information content (AvgIpc) is 3.01. The third kappa shape index (κ3) is 24.2. The highest BCUT2D eigenvalue weighted by atomic mass is 16.7. The molecule has 0 saturated carbocycles. The first-order valence-electron chi connectivity index (χ1n) is 18.5. The Morgan fingerprint density at radius 2 is 1.17 bits per heavy atom. The van der Waals surface area contributed by atoms with Gasteiger partial charge in [-0.3, -0.25) is 0 Å². The van der Waals surface area contributed by atoms with Gasteiger partial charge in [-0.2, -0.15) is 0 Å². The Morgan fingerprint density at radius 3 is 1.71 bits per heavy atom. The molecule has 0 aromatic rings. The van der Waals surface area contributed by atoms with Crippen molar-refractivity contribution in [2.24, 2.45) is 5.92 Å². The lowest BCUT2D eigenvalue weighted by molar-refractivity contribution is -0.152. The molecule has 1 aliphatic rings. The van der Waals surface area contributed by atoms with Crippen molar-refractivity contribution in [1.29, 1.82) is 0 Å². The quantitative estimate of drug-likeness (QED) is 0.103. The van der Waals surface area contributed by atoms with E-state index in [1.807, 2.05) is 6.08 Å². The van der Waals surface area contributed by atoms with Crippen LogP contribution in [0.3, 0.4) is 0 Å². The molecule has 42 heavy (non-hydrogen) atoms. The van der Waals surface area contributed by atoms with Gasteiger partial charge in [0.15, 0.2) is 6.10 Å². The number of carbonyl (C=O) groups is 1. The number of aliphatic hydroxyl groups excluding tert-OH is 1. The number of allylic oxidation sites excluding steroid dienone is 1. The van der Waals surface area contributed by atoms with Crippen LogP contribution in [-0.2, 0) is 14.3 Å². The second-order valence-corrected chi connectivity index (χ2v) is 13.0. The Kier molecular flexibility index (Phi) is 27.5. The van der Waals surface area contributed by atoms with Crippen molar-refractivity contribution in [1.82, 2.24) is 0 Å². The minimum absolute atomic E-state index is 0.338. The molecule has 5 heteroatoms. The second-order valence-electron chi connectivity index (χ2n) is 13.0. The summed E-state index contributed by atoms with van der Waals surface area (Å²) in [6, 6.07) is 0. The fourth-order valence-corrected chi connectivity index (χ4v) is 6.23. The molecule has 0 aromatic heterocycles. The third-order valence-corrected chi connectivity index (χ3v) is 9.00. The van der Waals surface area contributed by atoms with E-state index in [0.29, 0.717) is 25.6 Å². The monoisotopic (exact) mass is 595 g/mol. The number of rotatable bonds is 25. The van der Waals surface area contributed by atoms with Gasteiger partial charge in [0, 0.05) is 6.61 Å². The van der Waals surface area contributed by atoms with E-state index in [2.05, 4.69) is 6.92 Å². The standard InChI is InChI=1S/C37H70O5/c1-2-3-4-20-27-34(28-21-14-9-8-11-18-25-32-38)29-22-15-13-16-23-30-35(37(39)40)42-36-31-24-17-10-6-5-7-12-19-26-33-41-36/h31,34-35,38H,2-30,32-33H2,1H3,(H,39,40). The van der Waals surface area contributed by atoms with E-state index in [1.54, 1.807) is 0 Å². The van der Waals surface area contributed by atoms with Crippen molar-refractivity contribution in [3.05, 3.63) is 12.0 Å². The van der Waals surface area contributed by atoms with E-state index in [-0.39, 0.29) is 0 Å². The molecule has 2 unspecified atom stereocenters. The molecule has 0 bridgehead atoms. The maximum atomic E-state index is 11.9. The maximum Gasteiger partial charge on any atom is 0.345 e. The van der Waals surface area contributed by atoms with E-state index >= 15 is 0 Å². The van der Waals surface area contributed by atoms with E-state index in [4.69, 9.17) is 14.6 Å². The van der Waals surface area contributed by atoms with Crippen LogP contribution < -0.4 is 0 Å². The van der Waals surface area contributed by atoms with Gasteiger partial charge in [-0.05, 0) is 50.5 Å². The van der Waals surface area contributed by atoms with Gasteiger partial charge in [-0.1, -0.05) is 155 Å². The fraction of sp³-hybridized carbons (Fsp3) is 0.919. The zero-order chi connectivity index (χ0) is 30.4. The van der Waals surface area contributed by atoms with Gasteiger partial charge < -0.3 is 19.7 Å². The van der Waals surface area contributed by atoms with Crippen LogP contribution in [0.4, 0.5) is 0 Å². The highest BCUT2D eigenvalue weighted by Gasteiger charge is 2.21. The average molecular weight is 595 g/mol. The SMILES string of the molecule is CCCCCCC(CCCCCCCCCO)CCCCCCCC(OC1=CCCCCCCCCCCO1)C(=O)O. The summed E-state index contributed by atoms with van der Waals surface area (Å²) in [6.07, 6.45) is 36.4. The van der Waals surface area contributed by atoms with Crippen molar-refractivity contribution in [2.45, 2.75) is 199 Å². The molecule has 0 radical (unpaired) electrons. The number of aliphatic hydroxyl groups is 1. The summed E-state index contributed by atoms with van der Waals surface area (Å²) in [5.74, 6) is 0.441. The minimum atomic E-state index is -0.876. The number of carboxylic acids is 1. The first-order chi connectivity index (χ1) is 20.7. The van der Waals surface area contributed by atoms with Crippen LogP contribution in [0.5, 0.6) is 0 Å². The van der Waals surface area contributed by atoms with Gasteiger partial charge in [0.05, 0.1) is 6.61 Å². The van der Waals surface area contributed by atoms with E-state index in [0.717, 1.165) is 44.4 Å². The maximum absolute atomic E-state index is 11.9. The summed E-state index contributed by atoms with van der Waals surface area (Å²) in [5.41, 5.74) is 0. The van der Waals surface area contributed by atoms with Gasteiger partial charge in [-0.15, -0.1) is 0 Å². The van der Waals surface area contributed by atoms with Crippen LogP contribution in [0.2, 0.25) is 0 Å². The molecule has 0 fully saturated rings. The molecule has 1 aliphatic heterocycles. The molecule has 0 spiro atoms. The summed E-state index contributed by atoms with van der Waals surface area (Å²) in [5, 5.41) is 18.7. The normalized spacial score (nSPS) is 16.8. The van der Waals surface area contributed by atoms with Crippen molar-refractivity contribution in [3.8, 4) is 0 Å². The van der Waals surface area contributed by atoms with Gasteiger partial charge >= 0.3 is 5.97 Å². The lowest BCUT2D eigenvalue weighted by atomic mass is 9.89. The van der Waals surface area contributed by atoms with Crippen molar-refractivity contribution >= 4 is 5.97 Å². The minimum Gasteiger partial charge on any atom is -0.479 e. The molecular weight excluding hydrogens is 524 g/mol. The Hall–Kier alpha value is -1.23.